The molecule has 0 amide bonds. The predicted octanol–water partition coefficient (Wildman–Crippen LogP) is 3.30. The molecule has 0 heterocycles. The summed E-state index contributed by atoms with van der Waals surface area (Å²) in [6.07, 6.45) is 1.19. The average molecular weight is 279 g/mol. The Labute approximate surface area is 122 Å². The normalized spacial score (nSPS) is 10.7. The fourth-order valence-corrected chi connectivity index (χ4v) is 2.19. The summed E-state index contributed by atoms with van der Waals surface area (Å²) in [5.41, 5.74) is 1.39. The van der Waals surface area contributed by atoms with E-state index in [0.29, 0.717) is 0 Å². The van der Waals surface area contributed by atoms with E-state index in [1.54, 1.807) is 0 Å². The van der Waals surface area contributed by atoms with E-state index in [2.05, 4.69) is 66.8 Å². The molecule has 0 saturated heterocycles. The first-order chi connectivity index (χ1) is 8.77. The second-order valence-electron chi connectivity index (χ2n) is 4.97. The summed E-state index contributed by atoms with van der Waals surface area (Å²) in [5, 5.41) is 6.21. The van der Waals surface area contributed by atoms with Crippen molar-refractivity contribution in [3.8, 4) is 0 Å². The third kappa shape index (κ3) is 4.83. The first kappa shape index (κ1) is 16.0. The Bertz CT molecular complexity index is 492. The maximum Gasteiger partial charge on any atom is 0.0211 e. The van der Waals surface area contributed by atoms with Crippen molar-refractivity contribution in [2.75, 3.05) is 27.2 Å². The summed E-state index contributed by atoms with van der Waals surface area (Å²) in [7, 11) is 4.23. The van der Waals surface area contributed by atoms with Crippen LogP contribution in [-0.2, 0) is 6.54 Å². The van der Waals surface area contributed by atoms with Crippen LogP contribution in [0, 0.1) is 0 Å². The summed E-state index contributed by atoms with van der Waals surface area (Å²) < 4.78 is 0. The van der Waals surface area contributed by atoms with Gasteiger partial charge in [-0.15, -0.1) is 12.4 Å². The molecule has 0 aliphatic carbocycles. The van der Waals surface area contributed by atoms with Crippen LogP contribution in [0.25, 0.3) is 10.8 Å². The number of halogens is 1. The lowest BCUT2D eigenvalue weighted by Gasteiger charge is -2.11. The van der Waals surface area contributed by atoms with Crippen LogP contribution in [0.1, 0.15) is 12.0 Å². The Hall–Kier alpha value is -1.09. The van der Waals surface area contributed by atoms with E-state index in [-0.39, 0.29) is 12.4 Å². The van der Waals surface area contributed by atoms with E-state index in [1.807, 2.05) is 0 Å². The Kier molecular flexibility index (Phi) is 6.85. The standard InChI is InChI=1S/C16H22N2.ClH/c1-18(2)12-6-11-17-13-15-9-5-8-14-7-3-4-10-16(14)15;/h3-5,7-10,17H,6,11-13H2,1-2H3;1H. The van der Waals surface area contributed by atoms with Crippen LogP contribution in [0.3, 0.4) is 0 Å². The van der Waals surface area contributed by atoms with Gasteiger partial charge in [-0.25, -0.2) is 0 Å². The van der Waals surface area contributed by atoms with Crippen molar-refractivity contribution >= 4 is 23.2 Å². The number of hydrogen-bond acceptors (Lipinski definition) is 2. The van der Waals surface area contributed by atoms with Gasteiger partial charge >= 0.3 is 0 Å². The summed E-state index contributed by atoms with van der Waals surface area (Å²) in [4.78, 5) is 2.22. The van der Waals surface area contributed by atoms with Gasteiger partial charge in [0.1, 0.15) is 0 Å². The van der Waals surface area contributed by atoms with Crippen LogP contribution in [0.5, 0.6) is 0 Å². The van der Waals surface area contributed by atoms with Gasteiger partial charge in [-0.1, -0.05) is 42.5 Å². The molecule has 0 saturated carbocycles. The molecule has 0 atom stereocenters. The van der Waals surface area contributed by atoms with Crippen LogP contribution in [-0.4, -0.2) is 32.1 Å². The smallest absolute Gasteiger partial charge is 0.0211 e. The second-order valence-corrected chi connectivity index (χ2v) is 4.97. The molecule has 2 rings (SSSR count). The number of hydrogen-bond donors (Lipinski definition) is 1. The first-order valence-electron chi connectivity index (χ1n) is 6.59. The van der Waals surface area contributed by atoms with Gasteiger partial charge in [0.05, 0.1) is 0 Å². The third-order valence-electron chi connectivity index (χ3n) is 3.15. The minimum absolute atomic E-state index is 0. The highest BCUT2D eigenvalue weighted by atomic mass is 35.5. The van der Waals surface area contributed by atoms with E-state index in [0.717, 1.165) is 19.6 Å². The van der Waals surface area contributed by atoms with Crippen molar-refractivity contribution in [3.05, 3.63) is 48.0 Å². The van der Waals surface area contributed by atoms with Gasteiger partial charge in [0.15, 0.2) is 0 Å². The molecule has 0 fully saturated rings. The van der Waals surface area contributed by atoms with Gasteiger partial charge < -0.3 is 10.2 Å². The third-order valence-corrected chi connectivity index (χ3v) is 3.15. The number of fused-ring (bicyclic) bond motifs is 1. The summed E-state index contributed by atoms with van der Waals surface area (Å²) in [6, 6.07) is 15.1. The molecular formula is C16H23ClN2. The summed E-state index contributed by atoms with van der Waals surface area (Å²) in [5.74, 6) is 0. The zero-order valence-corrected chi connectivity index (χ0v) is 12.5. The molecule has 0 bridgehead atoms. The van der Waals surface area contributed by atoms with Gasteiger partial charge in [-0.3, -0.25) is 0 Å². The number of nitrogens with zero attached hydrogens (tertiary/aromatic N) is 1. The molecule has 0 unspecified atom stereocenters. The average Bonchev–Trinajstić information content (AvgIpc) is 2.38. The molecule has 3 heteroatoms. The van der Waals surface area contributed by atoms with E-state index >= 15 is 0 Å². The predicted molar refractivity (Wildman–Crippen MR) is 86.1 cm³/mol. The van der Waals surface area contributed by atoms with Gasteiger partial charge in [0, 0.05) is 6.54 Å². The zero-order chi connectivity index (χ0) is 12.8. The highest BCUT2D eigenvalue weighted by Crippen LogP contribution is 2.18. The Morgan fingerprint density at radius 1 is 1.00 bits per heavy atom. The molecule has 0 radical (unpaired) electrons. The molecule has 2 aromatic carbocycles. The SMILES string of the molecule is CN(C)CCCNCc1cccc2ccccc12.Cl. The minimum atomic E-state index is 0. The molecule has 104 valence electrons. The van der Waals surface area contributed by atoms with Crippen molar-refractivity contribution in [1.29, 1.82) is 0 Å². The number of benzene rings is 2. The lowest BCUT2D eigenvalue weighted by Crippen LogP contribution is -2.21. The molecular weight excluding hydrogens is 256 g/mol. The largest absolute Gasteiger partial charge is 0.313 e. The zero-order valence-electron chi connectivity index (χ0n) is 11.7. The van der Waals surface area contributed by atoms with Gasteiger partial charge in [-0.05, 0) is 49.9 Å². The topological polar surface area (TPSA) is 15.3 Å². The number of nitrogens with one attached hydrogen (secondary N) is 1. The maximum absolute atomic E-state index is 3.52. The first-order valence-corrected chi connectivity index (χ1v) is 6.59. The summed E-state index contributed by atoms with van der Waals surface area (Å²) >= 11 is 0. The van der Waals surface area contributed by atoms with Crippen molar-refractivity contribution in [2.45, 2.75) is 13.0 Å². The van der Waals surface area contributed by atoms with E-state index in [1.165, 1.54) is 22.8 Å². The Morgan fingerprint density at radius 3 is 2.53 bits per heavy atom. The Morgan fingerprint density at radius 2 is 1.74 bits per heavy atom. The van der Waals surface area contributed by atoms with Crippen molar-refractivity contribution < 1.29 is 0 Å². The monoisotopic (exact) mass is 278 g/mol. The van der Waals surface area contributed by atoms with Crippen LogP contribution < -0.4 is 5.32 Å². The molecule has 0 aromatic heterocycles. The van der Waals surface area contributed by atoms with E-state index in [4.69, 9.17) is 0 Å². The molecule has 0 spiro atoms. The second kappa shape index (κ2) is 8.16. The van der Waals surface area contributed by atoms with Crippen LogP contribution in [0.4, 0.5) is 0 Å². The molecule has 19 heavy (non-hydrogen) atoms. The van der Waals surface area contributed by atoms with Crippen molar-refractivity contribution in [3.63, 3.8) is 0 Å². The lowest BCUT2D eigenvalue weighted by atomic mass is 10.0. The van der Waals surface area contributed by atoms with E-state index < -0.39 is 0 Å². The summed E-state index contributed by atoms with van der Waals surface area (Å²) in [6.45, 7) is 3.17. The Balaban J connectivity index is 0.00000180. The number of rotatable bonds is 6. The molecule has 1 N–H and O–H groups in total. The van der Waals surface area contributed by atoms with Crippen LogP contribution in [0.2, 0.25) is 0 Å². The molecule has 0 aliphatic rings. The van der Waals surface area contributed by atoms with Gasteiger partial charge in [0.25, 0.3) is 0 Å². The molecule has 0 aliphatic heterocycles. The fourth-order valence-electron chi connectivity index (χ4n) is 2.19. The quantitative estimate of drug-likeness (QED) is 0.816. The molecule has 2 aromatic rings. The van der Waals surface area contributed by atoms with Gasteiger partial charge in [0.2, 0.25) is 0 Å². The lowest BCUT2D eigenvalue weighted by molar-refractivity contribution is 0.394. The fraction of sp³-hybridized carbons (Fsp3) is 0.375. The highest BCUT2D eigenvalue weighted by Gasteiger charge is 1.99. The van der Waals surface area contributed by atoms with Crippen LogP contribution >= 0.6 is 12.4 Å². The van der Waals surface area contributed by atoms with Gasteiger partial charge in [-0.2, -0.15) is 0 Å². The minimum Gasteiger partial charge on any atom is -0.313 e. The molecule has 2 nitrogen and oxygen atoms in total. The van der Waals surface area contributed by atoms with Crippen molar-refractivity contribution in [1.82, 2.24) is 10.2 Å². The maximum atomic E-state index is 3.52. The highest BCUT2D eigenvalue weighted by molar-refractivity contribution is 5.85. The van der Waals surface area contributed by atoms with Crippen LogP contribution in [0.15, 0.2) is 42.5 Å². The van der Waals surface area contributed by atoms with E-state index in [9.17, 15) is 0 Å². The van der Waals surface area contributed by atoms with Crippen molar-refractivity contribution in [2.24, 2.45) is 0 Å².